The van der Waals surface area contributed by atoms with Crippen LogP contribution in [0.5, 0.6) is 5.75 Å². The van der Waals surface area contributed by atoms with Gasteiger partial charge in [-0.05, 0) is 60.0 Å². The first-order valence-electron chi connectivity index (χ1n) is 20.6. The van der Waals surface area contributed by atoms with Crippen LogP contribution in [0.3, 0.4) is 0 Å². The molecule has 310 valence electrons. The van der Waals surface area contributed by atoms with E-state index in [4.69, 9.17) is 0 Å². The number of aromatic nitrogens is 1. The SMILES string of the molecule is C=CCN1CC(=O)N2[C@@H](Cc3ccc(O)cc3)C(=O)N(Cc3cccc4c(-c5ccc(C(=O)NN6CCN(C)CC6)cc5)cn(C)c34)C[C@@H]2N1C(=O)CCc1ccccc1. The van der Waals surface area contributed by atoms with Gasteiger partial charge in [0.1, 0.15) is 18.0 Å². The number of rotatable bonds is 12. The van der Waals surface area contributed by atoms with Crippen molar-refractivity contribution in [3.63, 3.8) is 0 Å². The first kappa shape index (κ1) is 40.5. The molecule has 0 aliphatic carbocycles. The van der Waals surface area contributed by atoms with Crippen LogP contribution >= 0.6 is 0 Å². The third kappa shape index (κ3) is 8.42. The number of hydrazine groups is 2. The molecule has 3 aliphatic rings. The van der Waals surface area contributed by atoms with E-state index in [0.29, 0.717) is 12.0 Å². The second kappa shape index (κ2) is 17.5. The van der Waals surface area contributed by atoms with Gasteiger partial charge in [-0.2, -0.15) is 0 Å². The Hall–Kier alpha value is -6.28. The normalized spacial score (nSPS) is 19.1. The van der Waals surface area contributed by atoms with Crippen molar-refractivity contribution in [2.45, 2.75) is 38.0 Å². The number of carbonyl (C=O) groups is 4. The zero-order valence-corrected chi connectivity index (χ0v) is 34.2. The van der Waals surface area contributed by atoms with Crippen LogP contribution in [-0.4, -0.2) is 128 Å². The zero-order chi connectivity index (χ0) is 41.9. The van der Waals surface area contributed by atoms with E-state index < -0.39 is 12.2 Å². The molecule has 0 unspecified atom stereocenters. The van der Waals surface area contributed by atoms with Gasteiger partial charge in [-0.1, -0.05) is 78.9 Å². The van der Waals surface area contributed by atoms with Gasteiger partial charge in [0, 0.05) is 81.9 Å². The smallest absolute Gasteiger partial charge is 0.265 e. The lowest BCUT2D eigenvalue weighted by Crippen LogP contribution is -2.75. The summed E-state index contributed by atoms with van der Waals surface area (Å²) in [6.07, 6.45) is 3.98. The standard InChI is InChI=1S/C47H52N8O5/c1-4-23-53-32-44(58)54-41(28-34-13-20-38(56)21-14-34)47(60)51(31-42(54)55(53)43(57)22-15-33-9-6-5-7-10-33)29-37-11-8-12-39-40(30-50(3)45(37)39)35-16-18-36(19-17-35)46(59)48-52-26-24-49(2)25-27-52/h4-14,16-21,30,41-42,56H,1,15,22-29,31-32H2,2-3H3,(H,48,59)/t41-,42-/m0/s1. The summed E-state index contributed by atoms with van der Waals surface area (Å²) >= 11 is 0. The highest BCUT2D eigenvalue weighted by molar-refractivity contribution is 5.99. The maximum Gasteiger partial charge on any atom is 0.265 e. The predicted molar refractivity (Wildman–Crippen MR) is 230 cm³/mol. The first-order chi connectivity index (χ1) is 29.1. The van der Waals surface area contributed by atoms with Crippen LogP contribution in [-0.2, 0) is 40.8 Å². The lowest BCUT2D eigenvalue weighted by Gasteiger charge is -2.55. The summed E-state index contributed by atoms with van der Waals surface area (Å²) in [5.41, 5.74) is 9.27. The monoisotopic (exact) mass is 808 g/mol. The van der Waals surface area contributed by atoms with Crippen molar-refractivity contribution >= 4 is 34.5 Å². The van der Waals surface area contributed by atoms with Crippen molar-refractivity contribution in [3.05, 3.63) is 138 Å². The molecule has 8 rings (SSSR count). The van der Waals surface area contributed by atoms with Gasteiger partial charge in [0.2, 0.25) is 17.7 Å². The Bertz CT molecular complexity index is 2370. The van der Waals surface area contributed by atoms with Crippen molar-refractivity contribution in [3.8, 4) is 16.9 Å². The van der Waals surface area contributed by atoms with E-state index in [1.807, 2.05) is 78.8 Å². The largest absolute Gasteiger partial charge is 0.508 e. The summed E-state index contributed by atoms with van der Waals surface area (Å²) in [5, 5.41) is 16.4. The van der Waals surface area contributed by atoms with Crippen molar-refractivity contribution in [1.29, 1.82) is 0 Å². The molecule has 4 heterocycles. The van der Waals surface area contributed by atoms with Gasteiger partial charge in [0.25, 0.3) is 5.91 Å². The molecule has 13 nitrogen and oxygen atoms in total. The van der Waals surface area contributed by atoms with Crippen molar-refractivity contribution in [1.82, 2.24) is 39.7 Å². The fourth-order valence-electron chi connectivity index (χ4n) is 8.81. The lowest BCUT2D eigenvalue weighted by atomic mass is 9.97. The number of likely N-dealkylation sites (N-methyl/N-ethyl adjacent to an activating group) is 1. The number of piperazine rings is 2. The number of para-hydroxylation sites is 1. The Labute approximate surface area is 350 Å². The van der Waals surface area contributed by atoms with Crippen LogP contribution in [0.15, 0.2) is 116 Å². The molecule has 1 aromatic heterocycles. The number of nitrogens with zero attached hydrogens (tertiary/aromatic N) is 7. The van der Waals surface area contributed by atoms with Crippen LogP contribution < -0.4 is 5.43 Å². The summed E-state index contributed by atoms with van der Waals surface area (Å²) in [4.78, 5) is 62.0. The zero-order valence-electron chi connectivity index (χ0n) is 34.2. The number of amides is 4. The highest BCUT2D eigenvalue weighted by Crippen LogP contribution is 2.35. The number of phenols is 1. The summed E-state index contributed by atoms with van der Waals surface area (Å²) < 4.78 is 2.07. The van der Waals surface area contributed by atoms with Gasteiger partial charge >= 0.3 is 0 Å². The van der Waals surface area contributed by atoms with Gasteiger partial charge in [0.05, 0.1) is 18.6 Å². The molecule has 0 spiro atoms. The second-order valence-corrected chi connectivity index (χ2v) is 16.0. The Kier molecular flexibility index (Phi) is 11.8. The quantitative estimate of drug-likeness (QED) is 0.178. The van der Waals surface area contributed by atoms with E-state index in [1.54, 1.807) is 50.2 Å². The molecule has 2 N–H and O–H groups in total. The fraction of sp³-hybridized carbons (Fsp3) is 0.319. The molecular formula is C47H52N8O5. The number of benzene rings is 4. The van der Waals surface area contributed by atoms with Gasteiger partial charge < -0.3 is 24.4 Å². The third-order valence-electron chi connectivity index (χ3n) is 11.9. The maximum atomic E-state index is 14.8. The molecule has 13 heteroatoms. The molecule has 0 saturated carbocycles. The summed E-state index contributed by atoms with van der Waals surface area (Å²) in [5.74, 6) is -0.613. The number of phenolic OH excluding ortho intramolecular Hbond substituents is 1. The number of hydrogen-bond acceptors (Lipinski definition) is 8. The van der Waals surface area contributed by atoms with Crippen LogP contribution in [0.4, 0.5) is 0 Å². The topological polar surface area (TPSA) is 125 Å². The molecule has 4 aromatic carbocycles. The average Bonchev–Trinajstić information content (AvgIpc) is 3.60. The number of aryl methyl sites for hydroxylation is 2. The van der Waals surface area contributed by atoms with Crippen molar-refractivity contribution in [2.75, 3.05) is 52.9 Å². The molecular weight excluding hydrogens is 757 g/mol. The molecule has 3 aliphatic heterocycles. The summed E-state index contributed by atoms with van der Waals surface area (Å²) in [7, 11) is 4.06. The van der Waals surface area contributed by atoms with Gasteiger partial charge in [-0.3, -0.25) is 24.6 Å². The summed E-state index contributed by atoms with van der Waals surface area (Å²) in [6.45, 7) is 7.85. The molecule has 0 radical (unpaired) electrons. The van der Waals surface area contributed by atoms with Gasteiger partial charge in [-0.15, -0.1) is 6.58 Å². The van der Waals surface area contributed by atoms with E-state index in [2.05, 4.69) is 40.8 Å². The number of aromatic hydroxyl groups is 1. The van der Waals surface area contributed by atoms with E-state index in [9.17, 15) is 24.3 Å². The number of hydrogen-bond donors (Lipinski definition) is 2. The molecule has 3 saturated heterocycles. The van der Waals surface area contributed by atoms with Crippen LogP contribution in [0.25, 0.3) is 22.0 Å². The van der Waals surface area contributed by atoms with Crippen LogP contribution in [0, 0.1) is 0 Å². The highest BCUT2D eigenvalue weighted by Gasteiger charge is 2.51. The summed E-state index contributed by atoms with van der Waals surface area (Å²) in [6, 6.07) is 29.3. The lowest BCUT2D eigenvalue weighted by molar-refractivity contribution is -0.205. The minimum Gasteiger partial charge on any atom is -0.508 e. The third-order valence-corrected chi connectivity index (χ3v) is 11.9. The molecule has 60 heavy (non-hydrogen) atoms. The second-order valence-electron chi connectivity index (χ2n) is 16.0. The predicted octanol–water partition coefficient (Wildman–Crippen LogP) is 4.43. The molecule has 5 aromatic rings. The van der Waals surface area contributed by atoms with Crippen LogP contribution in [0.2, 0.25) is 0 Å². The number of fused-ring (bicyclic) bond motifs is 2. The Balaban J connectivity index is 1.09. The minimum atomic E-state index is -0.883. The van der Waals surface area contributed by atoms with E-state index in [-0.39, 0.29) is 68.4 Å². The Morgan fingerprint density at radius 2 is 1.60 bits per heavy atom. The van der Waals surface area contributed by atoms with Crippen molar-refractivity contribution < 1.29 is 24.3 Å². The van der Waals surface area contributed by atoms with Gasteiger partial charge in [-0.25, -0.2) is 15.0 Å². The van der Waals surface area contributed by atoms with E-state index in [0.717, 1.165) is 64.9 Å². The van der Waals surface area contributed by atoms with Crippen molar-refractivity contribution in [2.24, 2.45) is 7.05 Å². The molecule has 0 bridgehead atoms. The van der Waals surface area contributed by atoms with E-state index >= 15 is 0 Å². The molecule has 4 amide bonds. The highest BCUT2D eigenvalue weighted by atomic mass is 16.3. The average molecular weight is 809 g/mol. The van der Waals surface area contributed by atoms with E-state index in [1.165, 1.54) is 0 Å². The van der Waals surface area contributed by atoms with Crippen LogP contribution in [0.1, 0.15) is 33.5 Å². The minimum absolute atomic E-state index is 0.0632. The van der Waals surface area contributed by atoms with Gasteiger partial charge in [0.15, 0.2) is 0 Å². The Morgan fingerprint density at radius 1 is 0.867 bits per heavy atom. The fourth-order valence-corrected chi connectivity index (χ4v) is 8.81. The Morgan fingerprint density at radius 3 is 2.32 bits per heavy atom. The molecule has 3 fully saturated rings. The number of nitrogens with one attached hydrogen (secondary N) is 1. The first-order valence-corrected chi connectivity index (χ1v) is 20.6. The number of carbonyl (C=O) groups excluding carboxylic acids is 4. The molecule has 2 atom stereocenters. The maximum absolute atomic E-state index is 14.8.